The lowest BCUT2D eigenvalue weighted by Crippen LogP contribution is -2.44. The van der Waals surface area contributed by atoms with E-state index in [1.165, 1.54) is 12.1 Å². The molecule has 1 aliphatic rings. The molecule has 4 aromatic rings. The van der Waals surface area contributed by atoms with Gasteiger partial charge in [0.15, 0.2) is 5.65 Å². The van der Waals surface area contributed by atoms with Crippen molar-refractivity contribution in [2.75, 3.05) is 44.3 Å². The molecule has 1 amide bonds. The minimum atomic E-state index is -4.56. The summed E-state index contributed by atoms with van der Waals surface area (Å²) in [5.41, 5.74) is 9.35. The zero-order valence-electron chi connectivity index (χ0n) is 23.3. The third-order valence-corrected chi connectivity index (χ3v) is 7.62. The number of aromatic nitrogens is 3. The number of nitrogens with two attached hydrogens (primary N) is 1. The van der Waals surface area contributed by atoms with E-state index in [0.29, 0.717) is 46.0 Å². The normalized spacial score (nSPS) is 14.5. The van der Waals surface area contributed by atoms with Crippen LogP contribution < -0.4 is 11.1 Å². The number of nitrogens with one attached hydrogen (secondary N) is 1. The van der Waals surface area contributed by atoms with Gasteiger partial charge in [-0.05, 0) is 84.2 Å². The minimum absolute atomic E-state index is 0.0678. The maximum Gasteiger partial charge on any atom is 0.416 e. The van der Waals surface area contributed by atoms with E-state index in [1.54, 1.807) is 35.7 Å². The molecule has 3 heterocycles. The molecule has 0 bridgehead atoms. The first-order valence-corrected chi connectivity index (χ1v) is 14.0. The number of fused-ring (bicyclic) bond motifs is 1. The molecule has 1 fully saturated rings. The smallest absolute Gasteiger partial charge is 0.396 e. The van der Waals surface area contributed by atoms with Crippen LogP contribution in [0.3, 0.4) is 0 Å². The molecule has 0 saturated carbocycles. The van der Waals surface area contributed by atoms with Crippen molar-refractivity contribution in [1.82, 2.24) is 24.4 Å². The number of alkyl halides is 3. The van der Waals surface area contributed by atoms with Gasteiger partial charge < -0.3 is 16.0 Å². The summed E-state index contributed by atoms with van der Waals surface area (Å²) in [5, 5.41) is 7.01. The van der Waals surface area contributed by atoms with Crippen LogP contribution in [0.4, 0.5) is 24.5 Å². The Hall–Kier alpha value is -3.92. The van der Waals surface area contributed by atoms with E-state index in [9.17, 15) is 18.0 Å². The summed E-state index contributed by atoms with van der Waals surface area (Å²) >= 11 is 3.33. The predicted octanol–water partition coefficient (Wildman–Crippen LogP) is 5.11. The van der Waals surface area contributed by atoms with E-state index in [1.807, 2.05) is 18.9 Å². The number of piperazine rings is 1. The van der Waals surface area contributed by atoms with Crippen LogP contribution in [-0.2, 0) is 12.7 Å². The number of carbonyl (C=O) groups is 1. The molecule has 3 N–H and O–H groups in total. The van der Waals surface area contributed by atoms with Crippen LogP contribution in [-0.4, -0.2) is 63.5 Å². The average molecular weight is 641 g/mol. The van der Waals surface area contributed by atoms with Gasteiger partial charge in [0.2, 0.25) is 0 Å². The maximum absolute atomic E-state index is 14.0. The molecule has 0 radical (unpaired) electrons. The van der Waals surface area contributed by atoms with Crippen molar-refractivity contribution in [1.29, 1.82) is 0 Å². The van der Waals surface area contributed by atoms with Gasteiger partial charge in [-0.15, -0.1) is 0 Å². The maximum atomic E-state index is 14.0. The lowest BCUT2D eigenvalue weighted by atomic mass is 10.0. The standard InChI is InChI=1S/C30H29BrF3N7O/c1-18-4-5-21(14-20(18)7-9-26-19(2)36-28-25(35)16-27(31)38-41(26)28)29(42)37-23-8-6-22(24(15-23)30(32,33)34)17-40-12-10-39(3)11-13-40/h4-6,8,14-16H,10-13,17,35H2,1-3H3,(H,37,42). The molecule has 5 rings (SSSR count). The Bertz CT molecular complexity index is 1730. The van der Waals surface area contributed by atoms with Crippen LogP contribution >= 0.6 is 15.9 Å². The SMILES string of the molecule is Cc1ccc(C(=O)Nc2ccc(CN3CCN(C)CC3)c(C(F)(F)F)c2)cc1C#Cc1c(C)nc2c(N)cc(Br)nn12. The van der Waals surface area contributed by atoms with E-state index in [-0.39, 0.29) is 23.4 Å². The Morgan fingerprint density at radius 2 is 1.81 bits per heavy atom. The zero-order valence-corrected chi connectivity index (χ0v) is 24.9. The summed E-state index contributed by atoms with van der Waals surface area (Å²) in [6.07, 6.45) is -4.56. The molecule has 1 saturated heterocycles. The Kier molecular flexibility index (Phi) is 8.28. The van der Waals surface area contributed by atoms with E-state index in [4.69, 9.17) is 5.73 Å². The predicted molar refractivity (Wildman–Crippen MR) is 159 cm³/mol. The summed E-state index contributed by atoms with van der Waals surface area (Å²) in [7, 11) is 2.00. The molecular formula is C30H29BrF3N7O. The Morgan fingerprint density at radius 1 is 1.07 bits per heavy atom. The fourth-order valence-electron chi connectivity index (χ4n) is 4.79. The van der Waals surface area contributed by atoms with Crippen LogP contribution in [0.2, 0.25) is 0 Å². The highest BCUT2D eigenvalue weighted by molar-refractivity contribution is 9.10. The highest BCUT2D eigenvalue weighted by Crippen LogP contribution is 2.35. The van der Waals surface area contributed by atoms with Gasteiger partial charge in [-0.25, -0.2) is 9.50 Å². The average Bonchev–Trinajstić information content (AvgIpc) is 3.24. The molecule has 12 heteroatoms. The fraction of sp³-hybridized carbons (Fsp3) is 0.300. The lowest BCUT2D eigenvalue weighted by molar-refractivity contribution is -0.138. The number of hydrogen-bond acceptors (Lipinski definition) is 6. The number of aryl methyl sites for hydroxylation is 2. The number of anilines is 2. The van der Waals surface area contributed by atoms with Gasteiger partial charge in [-0.3, -0.25) is 9.69 Å². The van der Waals surface area contributed by atoms with Crippen molar-refractivity contribution in [2.45, 2.75) is 26.6 Å². The van der Waals surface area contributed by atoms with Gasteiger partial charge in [0.1, 0.15) is 10.3 Å². The summed E-state index contributed by atoms with van der Waals surface area (Å²) in [6, 6.07) is 10.6. The third-order valence-electron chi connectivity index (χ3n) is 7.24. The van der Waals surface area contributed by atoms with Crippen molar-refractivity contribution in [3.05, 3.63) is 86.3 Å². The largest absolute Gasteiger partial charge is 0.416 e. The number of likely N-dealkylation sites (N-methyl/N-ethyl adjacent to an activating group) is 1. The molecule has 42 heavy (non-hydrogen) atoms. The van der Waals surface area contributed by atoms with Gasteiger partial charge in [-0.1, -0.05) is 18.1 Å². The number of carbonyl (C=O) groups excluding carboxylic acids is 1. The van der Waals surface area contributed by atoms with Crippen LogP contribution in [0.1, 0.15) is 44.0 Å². The molecule has 2 aromatic carbocycles. The van der Waals surface area contributed by atoms with Crippen molar-refractivity contribution < 1.29 is 18.0 Å². The molecule has 0 spiro atoms. The van der Waals surface area contributed by atoms with Crippen LogP contribution in [0, 0.1) is 25.7 Å². The van der Waals surface area contributed by atoms with Gasteiger partial charge in [-0.2, -0.15) is 18.3 Å². The fourth-order valence-corrected chi connectivity index (χ4v) is 5.20. The number of rotatable bonds is 4. The van der Waals surface area contributed by atoms with Crippen LogP contribution in [0.25, 0.3) is 5.65 Å². The minimum Gasteiger partial charge on any atom is -0.396 e. The second-order valence-electron chi connectivity index (χ2n) is 10.4. The molecule has 8 nitrogen and oxygen atoms in total. The molecule has 2 aromatic heterocycles. The van der Waals surface area contributed by atoms with Crippen molar-refractivity contribution in [3.8, 4) is 11.8 Å². The van der Waals surface area contributed by atoms with Gasteiger partial charge in [0.05, 0.1) is 16.9 Å². The van der Waals surface area contributed by atoms with Crippen LogP contribution in [0.5, 0.6) is 0 Å². The molecule has 1 aliphatic heterocycles. The van der Waals surface area contributed by atoms with Crippen molar-refractivity contribution >= 4 is 38.9 Å². The first-order valence-electron chi connectivity index (χ1n) is 13.3. The van der Waals surface area contributed by atoms with E-state index < -0.39 is 17.6 Å². The van der Waals surface area contributed by atoms with E-state index in [0.717, 1.165) is 24.7 Å². The van der Waals surface area contributed by atoms with Crippen LogP contribution in [0.15, 0.2) is 47.1 Å². The van der Waals surface area contributed by atoms with Crippen molar-refractivity contribution in [2.24, 2.45) is 0 Å². The van der Waals surface area contributed by atoms with Gasteiger partial charge in [0.25, 0.3) is 5.91 Å². The zero-order chi connectivity index (χ0) is 30.2. The number of nitrogens with zero attached hydrogens (tertiary/aromatic N) is 5. The summed E-state index contributed by atoms with van der Waals surface area (Å²) in [5.74, 6) is 5.62. The molecule has 0 atom stereocenters. The monoisotopic (exact) mass is 639 g/mol. The Morgan fingerprint density at radius 3 is 2.52 bits per heavy atom. The van der Waals surface area contributed by atoms with Gasteiger partial charge >= 0.3 is 6.18 Å². The topological polar surface area (TPSA) is 91.8 Å². The number of hydrogen-bond donors (Lipinski definition) is 2. The number of halogens is 4. The number of imidazole rings is 1. The molecule has 218 valence electrons. The first kappa shape index (κ1) is 29.6. The third kappa shape index (κ3) is 6.43. The van der Waals surface area contributed by atoms with Crippen molar-refractivity contribution in [3.63, 3.8) is 0 Å². The second-order valence-corrected chi connectivity index (χ2v) is 11.2. The lowest BCUT2D eigenvalue weighted by Gasteiger charge is -2.33. The molecular weight excluding hydrogens is 611 g/mol. The van der Waals surface area contributed by atoms with Gasteiger partial charge in [0, 0.05) is 49.5 Å². The highest BCUT2D eigenvalue weighted by Gasteiger charge is 2.34. The number of amides is 1. The summed E-state index contributed by atoms with van der Waals surface area (Å²) in [6.45, 7) is 6.86. The van der Waals surface area contributed by atoms with E-state index in [2.05, 4.69) is 48.1 Å². The summed E-state index contributed by atoms with van der Waals surface area (Å²) in [4.78, 5) is 21.7. The number of benzene rings is 2. The number of nitrogen functional groups attached to an aromatic ring is 1. The molecule has 0 unspecified atom stereocenters. The second kappa shape index (κ2) is 11.8. The quantitative estimate of drug-likeness (QED) is 0.302. The summed E-state index contributed by atoms with van der Waals surface area (Å²) < 4.78 is 44.1. The first-order chi connectivity index (χ1) is 19.9. The Labute approximate surface area is 249 Å². The molecule has 0 aliphatic carbocycles. The highest BCUT2D eigenvalue weighted by atomic mass is 79.9. The van der Waals surface area contributed by atoms with E-state index >= 15 is 0 Å². The Balaban J connectivity index is 1.38.